The maximum absolute atomic E-state index is 14.0. The summed E-state index contributed by atoms with van der Waals surface area (Å²) in [4.78, 5) is 22.5. The van der Waals surface area contributed by atoms with Crippen LogP contribution in [0, 0.1) is 12.7 Å². The van der Waals surface area contributed by atoms with E-state index in [1.807, 2.05) is 23.8 Å². The lowest BCUT2D eigenvalue weighted by Gasteiger charge is -2.12. The van der Waals surface area contributed by atoms with Crippen molar-refractivity contribution in [2.24, 2.45) is 0 Å². The molecular formula is C17H13ClFN3OS2. The molecule has 0 unspecified atom stereocenters. The standard InChI is InChI=1S/C17H13ClFN3OS2/c1-9-13(16(23)21-11-6-3-5-10(18)14(11)19)17(24-2)22-15(20-9)12-7-4-8-25-12/h3-8H,1-2H3,(H,21,23). The number of thioether (sulfide) groups is 1. The lowest BCUT2D eigenvalue weighted by atomic mass is 10.2. The summed E-state index contributed by atoms with van der Waals surface area (Å²) in [5, 5.41) is 4.97. The molecule has 0 aliphatic carbocycles. The SMILES string of the molecule is CSc1nc(-c2cccs2)nc(C)c1C(=O)Nc1cccc(Cl)c1F. The molecule has 0 aliphatic rings. The third kappa shape index (κ3) is 3.68. The number of nitrogens with zero attached hydrogens (tertiary/aromatic N) is 2. The van der Waals surface area contributed by atoms with E-state index < -0.39 is 11.7 Å². The van der Waals surface area contributed by atoms with Crippen LogP contribution in [-0.4, -0.2) is 22.1 Å². The minimum absolute atomic E-state index is 0.0197. The number of amides is 1. The molecule has 0 atom stereocenters. The van der Waals surface area contributed by atoms with Crippen molar-refractivity contribution in [1.82, 2.24) is 9.97 Å². The number of benzene rings is 1. The van der Waals surface area contributed by atoms with Crippen LogP contribution >= 0.6 is 34.7 Å². The van der Waals surface area contributed by atoms with E-state index in [1.54, 1.807) is 13.0 Å². The van der Waals surface area contributed by atoms with Crippen molar-refractivity contribution in [3.05, 3.63) is 57.8 Å². The number of aryl methyl sites for hydroxylation is 1. The highest BCUT2D eigenvalue weighted by molar-refractivity contribution is 7.98. The van der Waals surface area contributed by atoms with Crippen LogP contribution < -0.4 is 5.32 Å². The Bertz CT molecular complexity index is 932. The smallest absolute Gasteiger partial charge is 0.260 e. The Morgan fingerprint density at radius 3 is 2.76 bits per heavy atom. The molecule has 0 saturated heterocycles. The largest absolute Gasteiger partial charge is 0.319 e. The van der Waals surface area contributed by atoms with Gasteiger partial charge in [0.15, 0.2) is 11.6 Å². The molecule has 0 fully saturated rings. The van der Waals surface area contributed by atoms with E-state index in [4.69, 9.17) is 11.6 Å². The summed E-state index contributed by atoms with van der Waals surface area (Å²) in [6.45, 7) is 1.74. The predicted octanol–water partition coefficient (Wildman–Crippen LogP) is 5.28. The summed E-state index contributed by atoms with van der Waals surface area (Å²) in [6, 6.07) is 8.28. The van der Waals surface area contributed by atoms with E-state index in [1.165, 1.54) is 35.2 Å². The first kappa shape index (κ1) is 17.8. The predicted molar refractivity (Wildman–Crippen MR) is 101 cm³/mol. The Hall–Kier alpha value is -1.96. The molecule has 0 spiro atoms. The number of hydrogen-bond acceptors (Lipinski definition) is 5. The van der Waals surface area contributed by atoms with Crippen LogP contribution in [0.2, 0.25) is 5.02 Å². The summed E-state index contributed by atoms with van der Waals surface area (Å²) < 4.78 is 14.0. The van der Waals surface area contributed by atoms with Gasteiger partial charge in [0.25, 0.3) is 5.91 Å². The van der Waals surface area contributed by atoms with Crippen LogP contribution in [0.1, 0.15) is 16.1 Å². The fourth-order valence-electron chi connectivity index (χ4n) is 2.26. The summed E-state index contributed by atoms with van der Waals surface area (Å²) >= 11 is 8.62. The zero-order valence-corrected chi connectivity index (χ0v) is 15.7. The number of carbonyl (C=O) groups excluding carboxylic acids is 1. The molecule has 2 heterocycles. The molecule has 25 heavy (non-hydrogen) atoms. The van der Waals surface area contributed by atoms with Crippen LogP contribution in [0.15, 0.2) is 40.7 Å². The van der Waals surface area contributed by atoms with Crippen LogP contribution in [0.3, 0.4) is 0 Å². The number of aromatic nitrogens is 2. The van der Waals surface area contributed by atoms with Gasteiger partial charge in [-0.25, -0.2) is 14.4 Å². The van der Waals surface area contributed by atoms with E-state index in [2.05, 4.69) is 15.3 Å². The number of rotatable bonds is 4. The first-order chi connectivity index (χ1) is 12.0. The molecule has 1 amide bonds. The van der Waals surface area contributed by atoms with Gasteiger partial charge in [0.2, 0.25) is 0 Å². The first-order valence-electron chi connectivity index (χ1n) is 7.23. The number of halogens is 2. The minimum Gasteiger partial charge on any atom is -0.319 e. The maximum atomic E-state index is 14.0. The number of hydrogen-bond donors (Lipinski definition) is 1. The van der Waals surface area contributed by atoms with Gasteiger partial charge in [-0.3, -0.25) is 4.79 Å². The highest BCUT2D eigenvalue weighted by atomic mass is 35.5. The van der Waals surface area contributed by atoms with Gasteiger partial charge in [0, 0.05) is 0 Å². The summed E-state index contributed by atoms with van der Waals surface area (Å²) in [5.74, 6) is -0.569. The fraction of sp³-hybridized carbons (Fsp3) is 0.118. The quantitative estimate of drug-likeness (QED) is 0.484. The fourth-order valence-corrected chi connectivity index (χ4v) is 3.71. The topological polar surface area (TPSA) is 54.9 Å². The molecule has 4 nitrogen and oxygen atoms in total. The van der Waals surface area contributed by atoms with Crippen LogP contribution in [0.5, 0.6) is 0 Å². The molecule has 1 aromatic carbocycles. The molecule has 3 rings (SSSR count). The van der Waals surface area contributed by atoms with Crippen molar-refractivity contribution in [1.29, 1.82) is 0 Å². The molecule has 3 aromatic rings. The zero-order valence-electron chi connectivity index (χ0n) is 13.3. The third-order valence-corrected chi connectivity index (χ3v) is 5.26. The van der Waals surface area contributed by atoms with E-state index in [-0.39, 0.29) is 10.7 Å². The number of carbonyl (C=O) groups is 1. The second kappa shape index (κ2) is 7.51. The first-order valence-corrected chi connectivity index (χ1v) is 9.71. The lowest BCUT2D eigenvalue weighted by Crippen LogP contribution is -2.17. The second-order valence-corrected chi connectivity index (χ2v) is 7.20. The van der Waals surface area contributed by atoms with Crippen molar-refractivity contribution in [2.75, 3.05) is 11.6 Å². The number of nitrogens with one attached hydrogen (secondary N) is 1. The molecule has 128 valence electrons. The molecular weight excluding hydrogens is 381 g/mol. The van der Waals surface area contributed by atoms with Crippen LogP contribution in [0.4, 0.5) is 10.1 Å². The van der Waals surface area contributed by atoms with E-state index >= 15 is 0 Å². The summed E-state index contributed by atoms with van der Waals surface area (Å²) in [5.41, 5.74) is 0.876. The van der Waals surface area contributed by atoms with Gasteiger partial charge >= 0.3 is 0 Å². The highest BCUT2D eigenvalue weighted by Crippen LogP contribution is 2.28. The number of thiophene rings is 1. The summed E-state index contributed by atoms with van der Waals surface area (Å²) in [7, 11) is 0. The van der Waals surface area contributed by atoms with Gasteiger partial charge in [-0.1, -0.05) is 23.7 Å². The average molecular weight is 394 g/mol. The Morgan fingerprint density at radius 1 is 1.28 bits per heavy atom. The van der Waals surface area contributed by atoms with Gasteiger partial charge in [-0.2, -0.15) is 0 Å². The normalized spacial score (nSPS) is 10.7. The molecule has 0 radical (unpaired) electrons. The Balaban J connectivity index is 1.98. The highest BCUT2D eigenvalue weighted by Gasteiger charge is 2.20. The Kier molecular flexibility index (Phi) is 5.36. The zero-order chi connectivity index (χ0) is 18.0. The third-order valence-electron chi connectivity index (χ3n) is 3.42. The van der Waals surface area contributed by atoms with Gasteiger partial charge in [-0.15, -0.1) is 23.1 Å². The molecule has 2 aromatic heterocycles. The van der Waals surface area contributed by atoms with Gasteiger partial charge in [0.1, 0.15) is 5.03 Å². The Morgan fingerprint density at radius 2 is 2.08 bits per heavy atom. The average Bonchev–Trinajstić information content (AvgIpc) is 3.12. The van der Waals surface area contributed by atoms with Crippen molar-refractivity contribution in [3.63, 3.8) is 0 Å². The molecule has 0 saturated carbocycles. The molecule has 0 bridgehead atoms. The molecule has 1 N–H and O–H groups in total. The lowest BCUT2D eigenvalue weighted by molar-refractivity contribution is 0.102. The number of anilines is 1. The van der Waals surface area contributed by atoms with E-state index in [9.17, 15) is 9.18 Å². The van der Waals surface area contributed by atoms with E-state index in [0.717, 1.165) is 4.88 Å². The van der Waals surface area contributed by atoms with Crippen molar-refractivity contribution >= 4 is 46.3 Å². The monoisotopic (exact) mass is 393 g/mol. The Labute approximate surface area is 157 Å². The van der Waals surface area contributed by atoms with Crippen molar-refractivity contribution in [2.45, 2.75) is 11.9 Å². The molecule has 0 aliphatic heterocycles. The van der Waals surface area contributed by atoms with Gasteiger partial charge in [0.05, 0.1) is 26.8 Å². The van der Waals surface area contributed by atoms with Crippen molar-refractivity contribution in [3.8, 4) is 10.7 Å². The van der Waals surface area contributed by atoms with E-state index in [0.29, 0.717) is 22.1 Å². The second-order valence-electron chi connectivity index (χ2n) is 5.05. The van der Waals surface area contributed by atoms with Crippen LogP contribution in [-0.2, 0) is 0 Å². The van der Waals surface area contributed by atoms with Gasteiger partial charge in [-0.05, 0) is 36.8 Å². The van der Waals surface area contributed by atoms with Crippen molar-refractivity contribution < 1.29 is 9.18 Å². The maximum Gasteiger partial charge on any atom is 0.260 e. The van der Waals surface area contributed by atoms with Crippen LogP contribution in [0.25, 0.3) is 10.7 Å². The summed E-state index contributed by atoms with van der Waals surface area (Å²) in [6.07, 6.45) is 1.83. The molecule has 8 heteroatoms. The minimum atomic E-state index is -0.669. The van der Waals surface area contributed by atoms with Gasteiger partial charge < -0.3 is 5.32 Å².